The van der Waals surface area contributed by atoms with Gasteiger partial charge < -0.3 is 19.9 Å². The molecule has 154 valence electrons. The first kappa shape index (κ1) is 20.0. The van der Waals surface area contributed by atoms with Crippen LogP contribution in [0.25, 0.3) is 0 Å². The summed E-state index contributed by atoms with van der Waals surface area (Å²) in [6.45, 7) is 3.43. The van der Waals surface area contributed by atoms with Crippen LogP contribution in [-0.2, 0) is 4.74 Å². The summed E-state index contributed by atoms with van der Waals surface area (Å²) in [4.78, 5) is 17.0. The largest absolute Gasteiger partial charge is 0.376 e. The lowest BCUT2D eigenvalue weighted by Gasteiger charge is -2.37. The first-order chi connectivity index (χ1) is 14.1. The lowest BCUT2D eigenvalue weighted by Crippen LogP contribution is -2.53. The molecule has 2 atom stereocenters. The maximum Gasteiger partial charge on any atom is 0.318 e. The molecule has 2 fully saturated rings. The van der Waals surface area contributed by atoms with Crippen LogP contribution in [0.15, 0.2) is 48.5 Å². The molecule has 7 heteroatoms. The number of anilines is 1. The summed E-state index contributed by atoms with van der Waals surface area (Å²) >= 11 is 6.09. The Balaban J connectivity index is 1.40. The van der Waals surface area contributed by atoms with Gasteiger partial charge in [0.05, 0.1) is 12.1 Å². The Hall–Kier alpha value is -2.31. The number of nitrogens with zero attached hydrogens (tertiary/aromatic N) is 2. The number of benzene rings is 2. The number of hydrogen-bond acceptors (Lipinski definition) is 3. The Bertz CT molecular complexity index is 834. The standard InChI is InChI=1S/C22H25ClFN3O2/c23-17-3-1-4-19(15-17)26-10-12-27(13-11-26)22(28)25-21(20-5-2-14-29-20)16-6-8-18(24)9-7-16/h1,3-4,6-9,15,20-21H,2,5,10-14H2,(H,25,28). The number of hydrogen-bond donors (Lipinski definition) is 1. The van der Waals surface area contributed by atoms with E-state index in [1.165, 1.54) is 12.1 Å². The summed E-state index contributed by atoms with van der Waals surface area (Å²) in [5.41, 5.74) is 1.94. The van der Waals surface area contributed by atoms with Gasteiger partial charge in [-0.15, -0.1) is 0 Å². The lowest BCUT2D eigenvalue weighted by atomic mass is 9.99. The first-order valence-corrected chi connectivity index (χ1v) is 10.4. The summed E-state index contributed by atoms with van der Waals surface area (Å²) < 4.78 is 19.2. The Morgan fingerprint density at radius 3 is 2.55 bits per heavy atom. The van der Waals surface area contributed by atoms with E-state index < -0.39 is 0 Å². The van der Waals surface area contributed by atoms with Crippen LogP contribution in [0, 0.1) is 5.82 Å². The molecule has 2 aliphatic rings. The molecule has 4 rings (SSSR count). The summed E-state index contributed by atoms with van der Waals surface area (Å²) in [7, 11) is 0. The van der Waals surface area contributed by atoms with E-state index in [-0.39, 0.29) is 24.0 Å². The van der Waals surface area contributed by atoms with E-state index in [0.717, 1.165) is 37.2 Å². The van der Waals surface area contributed by atoms with Crippen LogP contribution in [0.5, 0.6) is 0 Å². The average molecular weight is 418 g/mol. The summed E-state index contributed by atoms with van der Waals surface area (Å²) in [5.74, 6) is -0.289. The minimum Gasteiger partial charge on any atom is -0.376 e. The van der Waals surface area contributed by atoms with Crippen molar-refractivity contribution in [3.63, 3.8) is 0 Å². The van der Waals surface area contributed by atoms with Crippen molar-refractivity contribution >= 4 is 23.3 Å². The third-order valence-corrected chi connectivity index (χ3v) is 5.82. The number of ether oxygens (including phenoxy) is 1. The van der Waals surface area contributed by atoms with Crippen LogP contribution in [0.1, 0.15) is 24.4 Å². The monoisotopic (exact) mass is 417 g/mol. The second-order valence-corrected chi connectivity index (χ2v) is 7.92. The Morgan fingerprint density at radius 1 is 1.14 bits per heavy atom. The van der Waals surface area contributed by atoms with E-state index in [4.69, 9.17) is 16.3 Å². The van der Waals surface area contributed by atoms with E-state index >= 15 is 0 Å². The highest BCUT2D eigenvalue weighted by Gasteiger charge is 2.31. The molecule has 5 nitrogen and oxygen atoms in total. The van der Waals surface area contributed by atoms with Crippen LogP contribution in [0.2, 0.25) is 5.02 Å². The molecular formula is C22H25ClFN3O2. The van der Waals surface area contributed by atoms with Crippen molar-refractivity contribution in [2.24, 2.45) is 0 Å². The van der Waals surface area contributed by atoms with Crippen LogP contribution < -0.4 is 10.2 Å². The molecule has 0 bridgehead atoms. The Morgan fingerprint density at radius 2 is 1.90 bits per heavy atom. The maximum atomic E-state index is 13.3. The van der Waals surface area contributed by atoms with Gasteiger partial charge in [-0.25, -0.2) is 9.18 Å². The molecule has 0 aliphatic carbocycles. The second kappa shape index (κ2) is 9.01. The molecule has 2 aromatic rings. The fraction of sp³-hybridized carbons (Fsp3) is 0.409. The number of rotatable bonds is 4. The highest BCUT2D eigenvalue weighted by Crippen LogP contribution is 2.28. The van der Waals surface area contributed by atoms with Crippen molar-refractivity contribution in [2.75, 3.05) is 37.7 Å². The molecule has 0 saturated carbocycles. The number of piperazine rings is 1. The Kier molecular flexibility index (Phi) is 6.21. The van der Waals surface area contributed by atoms with Crippen LogP contribution in [0.4, 0.5) is 14.9 Å². The molecule has 2 aromatic carbocycles. The molecule has 0 radical (unpaired) electrons. The topological polar surface area (TPSA) is 44.8 Å². The van der Waals surface area contributed by atoms with Crippen molar-refractivity contribution < 1.29 is 13.9 Å². The fourth-order valence-electron chi connectivity index (χ4n) is 3.99. The number of carbonyl (C=O) groups is 1. The third-order valence-electron chi connectivity index (χ3n) is 5.59. The molecule has 2 amide bonds. The summed E-state index contributed by atoms with van der Waals surface area (Å²) in [6, 6.07) is 13.7. The van der Waals surface area contributed by atoms with E-state index in [2.05, 4.69) is 10.2 Å². The van der Waals surface area contributed by atoms with E-state index in [0.29, 0.717) is 24.7 Å². The SMILES string of the molecule is O=C(NC(c1ccc(F)cc1)C1CCCO1)N1CCN(c2cccc(Cl)c2)CC1. The van der Waals surface area contributed by atoms with Crippen LogP contribution >= 0.6 is 11.6 Å². The molecule has 2 unspecified atom stereocenters. The van der Waals surface area contributed by atoms with Crippen molar-refractivity contribution in [3.8, 4) is 0 Å². The zero-order valence-corrected chi connectivity index (χ0v) is 16.9. The average Bonchev–Trinajstić information content (AvgIpc) is 3.27. The van der Waals surface area contributed by atoms with Gasteiger partial charge in [0.1, 0.15) is 5.82 Å². The molecule has 0 aromatic heterocycles. The predicted octanol–water partition coefficient (Wildman–Crippen LogP) is 4.23. The minimum absolute atomic E-state index is 0.0860. The van der Waals surface area contributed by atoms with Crippen molar-refractivity contribution in [3.05, 3.63) is 64.9 Å². The van der Waals surface area contributed by atoms with Gasteiger partial charge in [0.15, 0.2) is 0 Å². The molecule has 2 aliphatic heterocycles. The van der Waals surface area contributed by atoms with Gasteiger partial charge in [-0.2, -0.15) is 0 Å². The second-order valence-electron chi connectivity index (χ2n) is 7.48. The van der Waals surface area contributed by atoms with Gasteiger partial charge >= 0.3 is 6.03 Å². The predicted molar refractivity (Wildman–Crippen MR) is 112 cm³/mol. The highest BCUT2D eigenvalue weighted by atomic mass is 35.5. The molecular weight excluding hydrogens is 393 g/mol. The van der Waals surface area contributed by atoms with Crippen LogP contribution in [0.3, 0.4) is 0 Å². The maximum absolute atomic E-state index is 13.3. The number of urea groups is 1. The van der Waals surface area contributed by atoms with Gasteiger partial charge in [-0.3, -0.25) is 0 Å². The van der Waals surface area contributed by atoms with E-state index in [1.54, 1.807) is 12.1 Å². The van der Waals surface area contributed by atoms with E-state index in [1.807, 2.05) is 29.2 Å². The highest BCUT2D eigenvalue weighted by molar-refractivity contribution is 6.30. The molecule has 2 saturated heterocycles. The summed E-state index contributed by atoms with van der Waals surface area (Å²) in [6.07, 6.45) is 1.76. The van der Waals surface area contributed by atoms with Gasteiger partial charge in [-0.05, 0) is 48.7 Å². The number of carbonyl (C=O) groups excluding carboxylic acids is 1. The van der Waals surface area contributed by atoms with Gasteiger partial charge in [0.25, 0.3) is 0 Å². The Labute approximate surface area is 175 Å². The molecule has 0 spiro atoms. The first-order valence-electron chi connectivity index (χ1n) is 10.0. The minimum atomic E-state index is -0.289. The molecule has 2 heterocycles. The van der Waals surface area contributed by atoms with Gasteiger partial charge in [-0.1, -0.05) is 29.8 Å². The molecule has 1 N–H and O–H groups in total. The zero-order valence-electron chi connectivity index (χ0n) is 16.2. The summed E-state index contributed by atoms with van der Waals surface area (Å²) in [5, 5.41) is 3.84. The van der Waals surface area contributed by atoms with Crippen LogP contribution in [-0.4, -0.2) is 49.8 Å². The third kappa shape index (κ3) is 4.82. The fourth-order valence-corrected chi connectivity index (χ4v) is 4.18. The zero-order chi connectivity index (χ0) is 20.2. The quantitative estimate of drug-likeness (QED) is 0.809. The number of amides is 2. The van der Waals surface area contributed by atoms with Crippen molar-refractivity contribution in [2.45, 2.75) is 25.0 Å². The smallest absolute Gasteiger partial charge is 0.318 e. The van der Waals surface area contributed by atoms with Gasteiger partial charge in [0.2, 0.25) is 0 Å². The number of nitrogens with one attached hydrogen (secondary N) is 1. The van der Waals surface area contributed by atoms with Gasteiger partial charge in [0, 0.05) is 43.5 Å². The van der Waals surface area contributed by atoms with Crippen molar-refractivity contribution in [1.29, 1.82) is 0 Å². The van der Waals surface area contributed by atoms with Crippen molar-refractivity contribution in [1.82, 2.24) is 10.2 Å². The normalized spacial score (nSPS) is 20.6. The number of halogens is 2. The lowest BCUT2D eigenvalue weighted by molar-refractivity contribution is 0.0777. The molecule has 29 heavy (non-hydrogen) atoms. The van der Waals surface area contributed by atoms with E-state index in [9.17, 15) is 9.18 Å².